The molecule has 1 aliphatic carbocycles. The maximum absolute atomic E-state index is 6.65. The van der Waals surface area contributed by atoms with Gasteiger partial charge in [-0.05, 0) is 70.5 Å². The lowest BCUT2D eigenvalue weighted by atomic mass is 9.71. The molecule has 0 radical (unpaired) electrons. The largest absolute Gasteiger partial charge is 0.465 e. The number of fused-ring (bicyclic) bond motifs is 7. The van der Waals surface area contributed by atoms with E-state index in [-0.39, 0.29) is 0 Å². The molecular formula is C49H38N4O. The van der Waals surface area contributed by atoms with E-state index in [1.807, 2.05) is 80.0 Å². The van der Waals surface area contributed by atoms with Crippen molar-refractivity contribution in [3.05, 3.63) is 222 Å². The summed E-state index contributed by atoms with van der Waals surface area (Å²) in [4.78, 5) is 18.4. The molecule has 0 N–H and O–H groups in total. The fourth-order valence-electron chi connectivity index (χ4n) is 7.14. The van der Waals surface area contributed by atoms with Gasteiger partial charge in [0.25, 0.3) is 0 Å². The minimum absolute atomic E-state index is 0.581. The Morgan fingerprint density at radius 2 is 1.43 bits per heavy atom. The molecule has 0 saturated carbocycles. The van der Waals surface area contributed by atoms with Gasteiger partial charge in [0.05, 0.1) is 11.7 Å². The number of aromatic nitrogens is 3. The minimum atomic E-state index is -0.597. The molecule has 0 amide bonds. The Morgan fingerprint density at radius 1 is 0.741 bits per heavy atom. The van der Waals surface area contributed by atoms with Gasteiger partial charge in [0, 0.05) is 29.1 Å². The lowest BCUT2D eigenvalue weighted by Crippen LogP contribution is -2.25. The molecule has 2 heterocycles. The second-order valence-electron chi connectivity index (χ2n) is 13.0. The summed E-state index contributed by atoms with van der Waals surface area (Å²) in [6, 6.07) is 43.8. The summed E-state index contributed by atoms with van der Waals surface area (Å²) in [5.74, 6) is 1.94. The number of rotatable bonds is 8. The molecule has 6 aromatic rings. The summed E-state index contributed by atoms with van der Waals surface area (Å²) in [6.45, 7) is 2.02. The maximum Gasteiger partial charge on any atom is 0.163 e. The van der Waals surface area contributed by atoms with E-state index in [0.717, 1.165) is 39.1 Å². The van der Waals surface area contributed by atoms with Crippen LogP contribution in [0, 0.1) is 0 Å². The molecule has 5 aromatic carbocycles. The standard InChI is InChI=1S/C49H38N4O/c1-2-36(34-50-31-28-37-15-5-3-6-16-37)17-13-18-38-19-14-30-49(43-24-11-9-22-41(43)42-23-10-12-25-44(42)49)45-27-26-40(33-46(45)54-32-29-38)48-52-35-51-47(53-48)39-20-7-4-8-21-39/h2-17,19-35H,18H2,1H3/b17-13-,30-14+,31-28-,32-29+,36-2+,38-19-,50-34+. The van der Waals surface area contributed by atoms with Crippen LogP contribution in [0.2, 0.25) is 0 Å². The quantitative estimate of drug-likeness (QED) is 0.117. The molecular weight excluding hydrogens is 661 g/mol. The first-order valence-corrected chi connectivity index (χ1v) is 18.1. The number of allylic oxidation sites excluding steroid dienone is 9. The number of hydrogen-bond acceptors (Lipinski definition) is 5. The lowest BCUT2D eigenvalue weighted by molar-refractivity contribution is 0.469. The lowest BCUT2D eigenvalue weighted by Gasteiger charge is -2.31. The Kier molecular flexibility index (Phi) is 9.94. The van der Waals surface area contributed by atoms with E-state index in [1.54, 1.807) is 12.6 Å². The van der Waals surface area contributed by atoms with Crippen LogP contribution in [0.4, 0.5) is 0 Å². The fraction of sp³-hybridized carbons (Fsp3) is 0.0612. The number of benzene rings is 5. The summed E-state index contributed by atoms with van der Waals surface area (Å²) in [6.07, 6.45) is 24.8. The van der Waals surface area contributed by atoms with Crippen molar-refractivity contribution in [2.24, 2.45) is 4.99 Å². The zero-order chi connectivity index (χ0) is 36.6. The van der Waals surface area contributed by atoms with Gasteiger partial charge in [0.1, 0.15) is 12.1 Å². The average Bonchev–Trinajstić information content (AvgIpc) is 3.52. The van der Waals surface area contributed by atoms with Gasteiger partial charge in [-0.1, -0.05) is 158 Å². The van der Waals surface area contributed by atoms with Crippen molar-refractivity contribution < 1.29 is 4.74 Å². The fourth-order valence-corrected chi connectivity index (χ4v) is 7.14. The van der Waals surface area contributed by atoms with Crippen LogP contribution in [0.15, 0.2) is 205 Å². The Labute approximate surface area is 316 Å². The van der Waals surface area contributed by atoms with Gasteiger partial charge in [0.2, 0.25) is 0 Å². The van der Waals surface area contributed by atoms with Crippen molar-refractivity contribution in [1.29, 1.82) is 0 Å². The molecule has 8 rings (SSSR count). The Balaban J connectivity index is 1.15. The van der Waals surface area contributed by atoms with E-state index in [1.165, 1.54) is 22.3 Å². The number of ether oxygens (including phenoxy) is 1. The molecule has 0 bridgehead atoms. The van der Waals surface area contributed by atoms with Gasteiger partial charge in [0.15, 0.2) is 11.6 Å². The van der Waals surface area contributed by atoms with Gasteiger partial charge in [-0.15, -0.1) is 0 Å². The summed E-state index contributed by atoms with van der Waals surface area (Å²) in [5, 5.41) is 0. The van der Waals surface area contributed by atoms with Gasteiger partial charge >= 0.3 is 0 Å². The number of hydrogen-bond donors (Lipinski definition) is 0. The highest BCUT2D eigenvalue weighted by atomic mass is 16.5. The SMILES string of the molecule is C/C=C(\C=C/CC1=C/C=C/C2(c3ccc(-c4ncnc(-c5ccccc5)n4)cc3O\C=C\1)c1ccccc1-c1ccccc12)/C=N/C=C\c1ccccc1. The molecule has 0 unspecified atom stereocenters. The smallest absolute Gasteiger partial charge is 0.163 e. The van der Waals surface area contributed by atoms with Crippen molar-refractivity contribution >= 4 is 12.3 Å². The van der Waals surface area contributed by atoms with Gasteiger partial charge in [-0.2, -0.15) is 0 Å². The van der Waals surface area contributed by atoms with Crippen LogP contribution in [0.5, 0.6) is 5.75 Å². The van der Waals surface area contributed by atoms with E-state index in [0.29, 0.717) is 18.1 Å². The third-order valence-electron chi connectivity index (χ3n) is 9.77. The van der Waals surface area contributed by atoms with Crippen LogP contribution in [0.25, 0.3) is 40.0 Å². The van der Waals surface area contributed by atoms with Crippen LogP contribution < -0.4 is 4.74 Å². The predicted molar refractivity (Wildman–Crippen MR) is 221 cm³/mol. The average molecular weight is 699 g/mol. The molecule has 5 nitrogen and oxygen atoms in total. The summed E-state index contributed by atoms with van der Waals surface area (Å²) in [5.41, 5.74) is 10.3. The second-order valence-corrected chi connectivity index (χ2v) is 13.0. The van der Waals surface area contributed by atoms with E-state index >= 15 is 0 Å². The second kappa shape index (κ2) is 15.7. The third-order valence-corrected chi connectivity index (χ3v) is 9.77. The molecule has 1 spiro atoms. The monoisotopic (exact) mass is 698 g/mol. The van der Waals surface area contributed by atoms with Crippen molar-refractivity contribution in [2.75, 3.05) is 0 Å². The van der Waals surface area contributed by atoms with Crippen LogP contribution in [0.3, 0.4) is 0 Å². The van der Waals surface area contributed by atoms with E-state index < -0.39 is 5.41 Å². The highest BCUT2D eigenvalue weighted by Gasteiger charge is 2.44. The van der Waals surface area contributed by atoms with Gasteiger partial charge < -0.3 is 4.74 Å². The molecule has 2 aliphatic rings. The zero-order valence-electron chi connectivity index (χ0n) is 30.0. The first kappa shape index (κ1) is 34.1. The molecule has 0 fully saturated rings. The highest BCUT2D eigenvalue weighted by Crippen LogP contribution is 2.55. The molecule has 54 heavy (non-hydrogen) atoms. The zero-order valence-corrected chi connectivity index (χ0v) is 30.0. The number of nitrogens with zero attached hydrogens (tertiary/aromatic N) is 4. The van der Waals surface area contributed by atoms with Crippen molar-refractivity contribution in [3.8, 4) is 39.7 Å². The van der Waals surface area contributed by atoms with Gasteiger partial charge in [-0.3, -0.25) is 4.99 Å². The van der Waals surface area contributed by atoms with E-state index in [2.05, 4.69) is 130 Å². The molecule has 0 atom stereocenters. The first-order valence-electron chi connectivity index (χ1n) is 18.1. The molecule has 1 aliphatic heterocycles. The summed E-state index contributed by atoms with van der Waals surface area (Å²) < 4.78 is 6.65. The molecule has 260 valence electrons. The Hall–Kier alpha value is -6.98. The topological polar surface area (TPSA) is 60.3 Å². The van der Waals surface area contributed by atoms with E-state index in [9.17, 15) is 0 Å². The van der Waals surface area contributed by atoms with Crippen molar-refractivity contribution in [3.63, 3.8) is 0 Å². The molecule has 1 aromatic heterocycles. The van der Waals surface area contributed by atoms with Crippen molar-refractivity contribution in [1.82, 2.24) is 15.0 Å². The van der Waals surface area contributed by atoms with Crippen molar-refractivity contribution in [2.45, 2.75) is 18.8 Å². The normalized spacial score (nSPS) is 16.8. The van der Waals surface area contributed by atoms with Crippen LogP contribution >= 0.6 is 0 Å². The maximum atomic E-state index is 6.65. The summed E-state index contributed by atoms with van der Waals surface area (Å²) >= 11 is 0. The number of aliphatic imine (C=N–C) groups is 1. The molecule has 5 heteroatoms. The molecule has 0 saturated heterocycles. The van der Waals surface area contributed by atoms with Gasteiger partial charge in [-0.25, -0.2) is 15.0 Å². The van der Waals surface area contributed by atoms with Crippen LogP contribution in [0.1, 0.15) is 35.6 Å². The van der Waals surface area contributed by atoms with Crippen LogP contribution in [-0.2, 0) is 5.41 Å². The Bertz CT molecular complexity index is 2460. The minimum Gasteiger partial charge on any atom is -0.465 e. The van der Waals surface area contributed by atoms with E-state index in [4.69, 9.17) is 9.72 Å². The summed E-state index contributed by atoms with van der Waals surface area (Å²) in [7, 11) is 0. The predicted octanol–water partition coefficient (Wildman–Crippen LogP) is 11.5. The third kappa shape index (κ3) is 6.95. The Morgan fingerprint density at radius 3 is 2.17 bits per heavy atom. The van der Waals surface area contributed by atoms with Crippen LogP contribution in [-0.4, -0.2) is 21.2 Å². The first-order chi connectivity index (χ1) is 26.7. The highest BCUT2D eigenvalue weighted by molar-refractivity contribution is 5.86.